The van der Waals surface area contributed by atoms with E-state index in [0.29, 0.717) is 26.2 Å². The van der Waals surface area contributed by atoms with Crippen molar-refractivity contribution in [2.45, 2.75) is 25.9 Å². The summed E-state index contributed by atoms with van der Waals surface area (Å²) in [5.41, 5.74) is -0.690. The van der Waals surface area contributed by atoms with Crippen LogP contribution in [0, 0.1) is 5.92 Å². The zero-order valence-corrected chi connectivity index (χ0v) is 8.17. The van der Waals surface area contributed by atoms with Crippen LogP contribution in [0.3, 0.4) is 0 Å². The molecule has 0 aromatic rings. The molecule has 0 aliphatic carbocycles. The van der Waals surface area contributed by atoms with E-state index in [4.69, 9.17) is 4.74 Å². The van der Waals surface area contributed by atoms with Crippen molar-refractivity contribution in [2.24, 2.45) is 5.92 Å². The molecule has 0 aromatic heterocycles. The Morgan fingerprint density at radius 1 is 1.62 bits per heavy atom. The predicted molar refractivity (Wildman–Crippen MR) is 48.2 cm³/mol. The summed E-state index contributed by atoms with van der Waals surface area (Å²) in [6.45, 7) is 5.00. The van der Waals surface area contributed by atoms with Crippen LogP contribution in [-0.4, -0.2) is 36.4 Å². The van der Waals surface area contributed by atoms with Crippen LogP contribution in [0.4, 0.5) is 0 Å². The first-order valence-corrected chi connectivity index (χ1v) is 4.61. The van der Waals surface area contributed by atoms with Crippen LogP contribution >= 0.6 is 0 Å². The lowest BCUT2D eigenvalue weighted by Gasteiger charge is -2.36. The Morgan fingerprint density at radius 2 is 2.23 bits per heavy atom. The lowest BCUT2D eigenvalue weighted by atomic mass is 9.98. The molecule has 4 nitrogen and oxygen atoms in total. The summed E-state index contributed by atoms with van der Waals surface area (Å²) in [7, 11) is 0. The molecule has 1 aliphatic heterocycles. The van der Waals surface area contributed by atoms with Gasteiger partial charge in [-0.05, 0) is 6.42 Å². The van der Waals surface area contributed by atoms with Gasteiger partial charge in [0.25, 0.3) is 0 Å². The van der Waals surface area contributed by atoms with Gasteiger partial charge < -0.3 is 15.2 Å². The number of carbonyl (C=O) groups excluding carboxylic acids is 1. The van der Waals surface area contributed by atoms with Crippen molar-refractivity contribution < 1.29 is 14.6 Å². The number of nitrogens with one attached hydrogen (secondary N) is 1. The predicted octanol–water partition coefficient (Wildman–Crippen LogP) is -0.0900. The summed E-state index contributed by atoms with van der Waals surface area (Å²) in [6.07, 6.45) is 0.575. The van der Waals surface area contributed by atoms with Gasteiger partial charge in [0.05, 0.1) is 13.2 Å². The first-order chi connectivity index (χ1) is 6.03. The maximum Gasteiger partial charge on any atom is 0.222 e. The molecule has 1 aliphatic rings. The van der Waals surface area contributed by atoms with Gasteiger partial charge in [0, 0.05) is 12.5 Å². The fraction of sp³-hybridized carbons (Fsp3) is 0.889. The van der Waals surface area contributed by atoms with E-state index >= 15 is 0 Å². The smallest absolute Gasteiger partial charge is 0.222 e. The summed E-state index contributed by atoms with van der Waals surface area (Å²) in [4.78, 5) is 11.1. The third kappa shape index (κ3) is 2.97. The van der Waals surface area contributed by atoms with Crippen LogP contribution in [0.5, 0.6) is 0 Å². The molecule has 76 valence electrons. The number of ether oxygens (including phenoxy) is 1. The molecule has 0 bridgehead atoms. The van der Waals surface area contributed by atoms with Crippen LogP contribution in [0.2, 0.25) is 0 Å². The first-order valence-electron chi connectivity index (χ1n) is 4.61. The summed E-state index contributed by atoms with van der Waals surface area (Å²) >= 11 is 0. The van der Waals surface area contributed by atoms with E-state index < -0.39 is 5.60 Å². The second-order valence-electron chi connectivity index (χ2n) is 3.91. The van der Waals surface area contributed by atoms with Crippen LogP contribution < -0.4 is 5.32 Å². The monoisotopic (exact) mass is 187 g/mol. The second kappa shape index (κ2) is 4.07. The van der Waals surface area contributed by atoms with Crippen molar-refractivity contribution >= 4 is 5.91 Å². The van der Waals surface area contributed by atoms with E-state index in [1.807, 2.05) is 13.8 Å². The highest BCUT2D eigenvalue weighted by Gasteiger charge is 2.35. The number of carbonyl (C=O) groups is 1. The zero-order chi connectivity index (χ0) is 9.90. The molecular weight excluding hydrogens is 170 g/mol. The van der Waals surface area contributed by atoms with Gasteiger partial charge in [-0.3, -0.25) is 4.79 Å². The molecule has 0 radical (unpaired) electrons. The molecule has 2 N–H and O–H groups in total. The van der Waals surface area contributed by atoms with E-state index in [2.05, 4.69) is 5.32 Å². The van der Waals surface area contributed by atoms with Crippen LogP contribution in [0.1, 0.15) is 20.3 Å². The van der Waals surface area contributed by atoms with E-state index in [9.17, 15) is 9.90 Å². The van der Waals surface area contributed by atoms with Crippen molar-refractivity contribution in [3.8, 4) is 0 Å². The minimum Gasteiger partial charge on any atom is -0.385 e. The van der Waals surface area contributed by atoms with Crippen molar-refractivity contribution in [2.75, 3.05) is 19.8 Å². The average molecular weight is 187 g/mol. The molecule has 0 saturated carbocycles. The third-order valence-electron chi connectivity index (χ3n) is 2.16. The highest BCUT2D eigenvalue weighted by molar-refractivity contribution is 5.77. The Balaban J connectivity index is 2.10. The highest BCUT2D eigenvalue weighted by atomic mass is 16.5. The Labute approximate surface area is 78.3 Å². The number of hydrogen-bond acceptors (Lipinski definition) is 3. The zero-order valence-electron chi connectivity index (χ0n) is 8.17. The van der Waals surface area contributed by atoms with Gasteiger partial charge in [-0.2, -0.15) is 0 Å². The summed E-state index contributed by atoms with van der Waals surface area (Å²) < 4.78 is 4.88. The van der Waals surface area contributed by atoms with Gasteiger partial charge in [-0.1, -0.05) is 13.8 Å². The van der Waals surface area contributed by atoms with E-state index in [1.165, 1.54) is 0 Å². The molecule has 0 spiro atoms. The van der Waals surface area contributed by atoms with Crippen LogP contribution in [0.15, 0.2) is 0 Å². The number of rotatable bonds is 4. The molecule has 4 heteroatoms. The Morgan fingerprint density at radius 3 is 2.62 bits per heavy atom. The maximum atomic E-state index is 11.1. The minimum atomic E-state index is -0.690. The fourth-order valence-electron chi connectivity index (χ4n) is 1.10. The largest absolute Gasteiger partial charge is 0.385 e. The number of aliphatic hydroxyl groups is 1. The van der Waals surface area contributed by atoms with Gasteiger partial charge in [-0.15, -0.1) is 0 Å². The van der Waals surface area contributed by atoms with Crippen molar-refractivity contribution in [1.82, 2.24) is 5.32 Å². The van der Waals surface area contributed by atoms with Crippen molar-refractivity contribution in [3.63, 3.8) is 0 Å². The molecule has 1 fully saturated rings. The minimum absolute atomic E-state index is 0.00674. The Bertz CT molecular complexity index is 187. The number of amides is 1. The Kier molecular flexibility index (Phi) is 3.27. The van der Waals surface area contributed by atoms with E-state index in [1.54, 1.807) is 0 Å². The summed E-state index contributed by atoms with van der Waals surface area (Å²) in [6, 6.07) is 0. The SMILES string of the molecule is CC(C)C(=O)NCCC1(O)COC1. The summed E-state index contributed by atoms with van der Waals surface area (Å²) in [5.74, 6) is 0.0381. The molecule has 0 aromatic carbocycles. The van der Waals surface area contributed by atoms with E-state index in [-0.39, 0.29) is 11.8 Å². The molecule has 0 unspecified atom stereocenters. The molecule has 1 saturated heterocycles. The average Bonchev–Trinajstić information content (AvgIpc) is 2.01. The van der Waals surface area contributed by atoms with Crippen molar-refractivity contribution in [3.05, 3.63) is 0 Å². The number of hydrogen-bond donors (Lipinski definition) is 2. The fourth-order valence-corrected chi connectivity index (χ4v) is 1.10. The van der Waals surface area contributed by atoms with Gasteiger partial charge >= 0.3 is 0 Å². The maximum absolute atomic E-state index is 11.1. The lowest BCUT2D eigenvalue weighted by Crippen LogP contribution is -2.51. The standard InChI is InChI=1S/C9H17NO3/c1-7(2)8(11)10-4-3-9(12)5-13-6-9/h7,12H,3-6H2,1-2H3,(H,10,11). The quantitative estimate of drug-likeness (QED) is 0.646. The Hall–Kier alpha value is -0.610. The molecule has 13 heavy (non-hydrogen) atoms. The highest BCUT2D eigenvalue weighted by Crippen LogP contribution is 2.19. The summed E-state index contributed by atoms with van der Waals surface area (Å²) in [5, 5.41) is 12.3. The van der Waals surface area contributed by atoms with Crippen LogP contribution in [-0.2, 0) is 9.53 Å². The third-order valence-corrected chi connectivity index (χ3v) is 2.16. The molecule has 1 rings (SSSR count). The molecule has 1 amide bonds. The normalized spacial score (nSPS) is 19.7. The van der Waals surface area contributed by atoms with Crippen LogP contribution in [0.25, 0.3) is 0 Å². The molecule has 0 atom stereocenters. The van der Waals surface area contributed by atoms with Gasteiger partial charge in [0.1, 0.15) is 5.60 Å². The van der Waals surface area contributed by atoms with Gasteiger partial charge in [0.15, 0.2) is 0 Å². The molecule has 1 heterocycles. The first kappa shape index (κ1) is 10.5. The second-order valence-corrected chi connectivity index (χ2v) is 3.91. The lowest BCUT2D eigenvalue weighted by molar-refractivity contribution is -0.180. The van der Waals surface area contributed by atoms with Crippen molar-refractivity contribution in [1.29, 1.82) is 0 Å². The topological polar surface area (TPSA) is 58.6 Å². The van der Waals surface area contributed by atoms with Gasteiger partial charge in [-0.25, -0.2) is 0 Å². The molecular formula is C9H17NO3. The van der Waals surface area contributed by atoms with Gasteiger partial charge in [0.2, 0.25) is 5.91 Å². The van der Waals surface area contributed by atoms with E-state index in [0.717, 1.165) is 0 Å².